The van der Waals surface area contributed by atoms with Crippen molar-refractivity contribution < 1.29 is 18.0 Å². The average molecular weight is 431 g/mol. The van der Waals surface area contributed by atoms with Crippen molar-refractivity contribution in [2.45, 2.75) is 31.7 Å². The molecule has 9 heteroatoms. The van der Waals surface area contributed by atoms with Gasteiger partial charge in [-0.1, -0.05) is 19.9 Å². The monoisotopic (exact) mass is 430 g/mol. The summed E-state index contributed by atoms with van der Waals surface area (Å²) in [6, 6.07) is 11.7. The molecule has 1 atom stereocenters. The number of nitrogens with zero attached hydrogens (tertiary/aromatic N) is 3. The number of carbonyl (C=O) groups excluding carboxylic acids is 2. The molecule has 1 aliphatic rings. The highest BCUT2D eigenvalue weighted by Crippen LogP contribution is 2.27. The lowest BCUT2D eigenvalue weighted by Crippen LogP contribution is -2.33. The van der Waals surface area contributed by atoms with Crippen LogP contribution in [0.4, 0.5) is 5.69 Å². The van der Waals surface area contributed by atoms with Crippen LogP contribution >= 0.6 is 0 Å². The van der Waals surface area contributed by atoms with Gasteiger partial charge in [0, 0.05) is 37.9 Å². The van der Waals surface area contributed by atoms with Gasteiger partial charge < -0.3 is 10.2 Å². The Morgan fingerprint density at radius 2 is 1.87 bits per heavy atom. The van der Waals surface area contributed by atoms with E-state index in [1.165, 1.54) is 21.3 Å². The van der Waals surface area contributed by atoms with Gasteiger partial charge in [-0.15, -0.1) is 0 Å². The van der Waals surface area contributed by atoms with E-state index >= 15 is 0 Å². The van der Waals surface area contributed by atoms with E-state index in [2.05, 4.69) is 10.3 Å². The molecule has 1 aromatic carbocycles. The summed E-state index contributed by atoms with van der Waals surface area (Å²) in [7, 11) is -3.55. The molecule has 30 heavy (non-hydrogen) atoms. The molecule has 160 valence electrons. The quantitative estimate of drug-likeness (QED) is 0.688. The van der Waals surface area contributed by atoms with Gasteiger partial charge >= 0.3 is 0 Å². The Hall–Kier alpha value is -2.78. The van der Waals surface area contributed by atoms with Crippen molar-refractivity contribution in [1.82, 2.24) is 14.6 Å². The fourth-order valence-corrected chi connectivity index (χ4v) is 4.93. The second kappa shape index (κ2) is 9.36. The first kappa shape index (κ1) is 21.9. The van der Waals surface area contributed by atoms with Crippen LogP contribution in [0.3, 0.4) is 0 Å². The van der Waals surface area contributed by atoms with Gasteiger partial charge in [0.15, 0.2) is 0 Å². The molecule has 0 bridgehead atoms. The second-order valence-corrected chi connectivity index (χ2v) is 8.97. The fourth-order valence-electron chi connectivity index (χ4n) is 3.47. The van der Waals surface area contributed by atoms with E-state index in [1.54, 1.807) is 38.2 Å². The van der Waals surface area contributed by atoms with Crippen LogP contribution in [0.15, 0.2) is 53.6 Å². The molecular weight excluding hydrogens is 404 g/mol. The summed E-state index contributed by atoms with van der Waals surface area (Å²) in [6.07, 6.45) is 1.78. The smallest absolute Gasteiger partial charge is 0.243 e. The van der Waals surface area contributed by atoms with Crippen molar-refractivity contribution in [3.05, 3.63) is 54.4 Å². The summed E-state index contributed by atoms with van der Waals surface area (Å²) in [5.74, 6) is -0.815. The van der Waals surface area contributed by atoms with E-state index in [0.717, 1.165) is 5.69 Å². The summed E-state index contributed by atoms with van der Waals surface area (Å²) in [5.41, 5.74) is 1.33. The highest BCUT2D eigenvalue weighted by molar-refractivity contribution is 7.89. The van der Waals surface area contributed by atoms with E-state index in [1.807, 2.05) is 12.1 Å². The molecule has 0 saturated carbocycles. The SMILES string of the molecule is CCN(CC)S(=O)(=O)c1ccc(N2C[C@H](C(=O)NCc3ccccn3)CC2=O)cc1. The van der Waals surface area contributed by atoms with Crippen LogP contribution < -0.4 is 10.2 Å². The number of rotatable bonds is 8. The van der Waals surface area contributed by atoms with Gasteiger partial charge in [0.05, 0.1) is 23.1 Å². The van der Waals surface area contributed by atoms with E-state index in [9.17, 15) is 18.0 Å². The van der Waals surface area contributed by atoms with Crippen molar-refractivity contribution in [3.8, 4) is 0 Å². The molecule has 0 spiro atoms. The first-order valence-electron chi connectivity index (χ1n) is 9.95. The molecule has 0 unspecified atom stereocenters. The number of nitrogens with one attached hydrogen (secondary N) is 1. The lowest BCUT2D eigenvalue weighted by Gasteiger charge is -2.20. The molecule has 8 nitrogen and oxygen atoms in total. The lowest BCUT2D eigenvalue weighted by atomic mass is 10.1. The third kappa shape index (κ3) is 4.68. The minimum Gasteiger partial charge on any atom is -0.350 e. The molecule has 1 aliphatic heterocycles. The van der Waals surface area contributed by atoms with Crippen LogP contribution in [-0.2, 0) is 26.2 Å². The van der Waals surface area contributed by atoms with E-state index in [4.69, 9.17) is 0 Å². The van der Waals surface area contributed by atoms with Crippen molar-refractivity contribution in [1.29, 1.82) is 0 Å². The van der Waals surface area contributed by atoms with Crippen LogP contribution in [0.25, 0.3) is 0 Å². The largest absolute Gasteiger partial charge is 0.350 e. The number of anilines is 1. The highest BCUT2D eigenvalue weighted by atomic mass is 32.2. The predicted molar refractivity (Wildman–Crippen MR) is 113 cm³/mol. The number of pyridine rings is 1. The van der Waals surface area contributed by atoms with Crippen molar-refractivity contribution in [3.63, 3.8) is 0 Å². The average Bonchev–Trinajstić information content (AvgIpc) is 3.15. The molecule has 3 rings (SSSR count). The number of hydrogen-bond donors (Lipinski definition) is 1. The zero-order valence-electron chi connectivity index (χ0n) is 17.1. The summed E-state index contributed by atoms with van der Waals surface area (Å²) in [6.45, 7) is 4.92. The van der Waals surface area contributed by atoms with Crippen LogP contribution in [0.2, 0.25) is 0 Å². The van der Waals surface area contributed by atoms with Gasteiger partial charge in [0.2, 0.25) is 21.8 Å². The Kier molecular flexibility index (Phi) is 6.84. The summed E-state index contributed by atoms with van der Waals surface area (Å²) in [4.78, 5) is 30.8. The summed E-state index contributed by atoms with van der Waals surface area (Å²) in [5, 5.41) is 2.82. The zero-order chi connectivity index (χ0) is 21.7. The van der Waals surface area contributed by atoms with E-state index < -0.39 is 15.9 Å². The standard InChI is InChI=1S/C21H26N4O4S/c1-3-24(4-2)30(28,29)19-10-8-18(9-11-19)25-15-16(13-20(25)26)21(27)23-14-17-7-5-6-12-22-17/h5-12,16H,3-4,13-15H2,1-2H3,(H,23,27)/t16-/m1/s1. The normalized spacial score (nSPS) is 16.8. The molecule has 1 fully saturated rings. The number of sulfonamides is 1. The second-order valence-electron chi connectivity index (χ2n) is 7.03. The van der Waals surface area contributed by atoms with E-state index in [0.29, 0.717) is 25.3 Å². The van der Waals surface area contributed by atoms with Crippen molar-refractivity contribution >= 4 is 27.5 Å². The molecule has 2 amide bonds. The van der Waals surface area contributed by atoms with Gasteiger partial charge in [-0.2, -0.15) is 4.31 Å². The first-order valence-corrected chi connectivity index (χ1v) is 11.4. The Morgan fingerprint density at radius 3 is 2.47 bits per heavy atom. The molecule has 2 heterocycles. The Balaban J connectivity index is 1.65. The Bertz CT molecular complexity index is 989. The van der Waals surface area contributed by atoms with Crippen LogP contribution in [0.5, 0.6) is 0 Å². The summed E-state index contributed by atoms with van der Waals surface area (Å²) >= 11 is 0. The van der Waals surface area contributed by atoms with Crippen LogP contribution in [-0.4, -0.2) is 49.2 Å². The van der Waals surface area contributed by atoms with Gasteiger partial charge in [-0.25, -0.2) is 8.42 Å². The van der Waals surface area contributed by atoms with Crippen LogP contribution in [0.1, 0.15) is 26.0 Å². The molecule has 0 radical (unpaired) electrons. The number of aromatic nitrogens is 1. The fraction of sp³-hybridized carbons (Fsp3) is 0.381. The van der Waals surface area contributed by atoms with Crippen LogP contribution in [0, 0.1) is 5.92 Å². The Morgan fingerprint density at radius 1 is 1.17 bits per heavy atom. The van der Waals surface area contributed by atoms with Crippen molar-refractivity contribution in [2.75, 3.05) is 24.5 Å². The molecular formula is C21H26N4O4S. The maximum atomic E-state index is 12.6. The third-order valence-corrected chi connectivity index (χ3v) is 7.22. The number of carbonyl (C=O) groups is 2. The molecule has 0 aliphatic carbocycles. The maximum absolute atomic E-state index is 12.6. The van der Waals surface area contributed by atoms with Gasteiger partial charge in [0.1, 0.15) is 0 Å². The molecule has 1 saturated heterocycles. The molecule has 1 aromatic heterocycles. The minimum atomic E-state index is -3.55. The molecule has 2 aromatic rings. The third-order valence-electron chi connectivity index (χ3n) is 5.16. The maximum Gasteiger partial charge on any atom is 0.243 e. The lowest BCUT2D eigenvalue weighted by molar-refractivity contribution is -0.126. The topological polar surface area (TPSA) is 99.7 Å². The minimum absolute atomic E-state index is 0.119. The van der Waals surface area contributed by atoms with Gasteiger partial charge in [-0.05, 0) is 36.4 Å². The van der Waals surface area contributed by atoms with E-state index in [-0.39, 0.29) is 29.7 Å². The highest BCUT2D eigenvalue weighted by Gasteiger charge is 2.35. The molecule has 1 N–H and O–H groups in total. The van der Waals surface area contributed by atoms with Crippen molar-refractivity contribution in [2.24, 2.45) is 5.92 Å². The van der Waals surface area contributed by atoms with Gasteiger partial charge in [0.25, 0.3) is 0 Å². The zero-order valence-corrected chi connectivity index (χ0v) is 17.9. The Labute approximate surface area is 177 Å². The number of hydrogen-bond acceptors (Lipinski definition) is 5. The van der Waals surface area contributed by atoms with Gasteiger partial charge in [-0.3, -0.25) is 14.6 Å². The summed E-state index contributed by atoms with van der Waals surface area (Å²) < 4.78 is 26.6. The number of benzene rings is 1. The first-order chi connectivity index (χ1) is 14.4. The predicted octanol–water partition coefficient (Wildman–Crippen LogP) is 1.78. The number of amides is 2.